The summed E-state index contributed by atoms with van der Waals surface area (Å²) in [7, 11) is 2.11. The van der Waals surface area contributed by atoms with Crippen LogP contribution in [0.4, 0.5) is 0 Å². The fourth-order valence-electron chi connectivity index (χ4n) is 3.60. The smallest absolute Gasteiger partial charge is 0.127 e. The Labute approximate surface area is 158 Å². The van der Waals surface area contributed by atoms with Crippen LogP contribution in [0.5, 0.6) is 5.75 Å². The molecule has 1 aromatic carbocycles. The molecule has 0 aliphatic heterocycles. The average molecular weight is 433 g/mol. The van der Waals surface area contributed by atoms with Crippen LogP contribution in [0.2, 0.25) is 0 Å². The van der Waals surface area contributed by atoms with Crippen LogP contribution in [0.15, 0.2) is 48.5 Å². The summed E-state index contributed by atoms with van der Waals surface area (Å²) in [5, 5.41) is 11.5. The highest BCUT2D eigenvalue weighted by molar-refractivity contribution is 14.0. The summed E-state index contributed by atoms with van der Waals surface area (Å²) >= 11 is 0. The van der Waals surface area contributed by atoms with Gasteiger partial charge in [-0.1, -0.05) is 36.4 Å². The van der Waals surface area contributed by atoms with E-state index in [1.807, 2.05) is 0 Å². The van der Waals surface area contributed by atoms with Crippen LogP contribution in [0.1, 0.15) is 5.56 Å². The first kappa shape index (κ1) is 17.0. The van der Waals surface area contributed by atoms with Crippen molar-refractivity contribution in [3.63, 3.8) is 0 Å². The maximum atomic E-state index is 9.13. The molecule has 2 aromatic rings. The number of ether oxygens (including phenoxy) is 1. The van der Waals surface area contributed by atoms with Gasteiger partial charge in [-0.3, -0.25) is 0 Å². The van der Waals surface area contributed by atoms with Gasteiger partial charge in [-0.2, -0.15) is 0 Å². The molecule has 0 saturated carbocycles. The van der Waals surface area contributed by atoms with E-state index in [1.165, 1.54) is 32.9 Å². The zero-order chi connectivity index (χ0) is 16.0. The van der Waals surface area contributed by atoms with Gasteiger partial charge in [0.15, 0.2) is 0 Å². The van der Waals surface area contributed by atoms with E-state index in [4.69, 9.17) is 9.84 Å². The number of fused-ring (bicyclic) bond motifs is 4. The number of para-hydroxylation sites is 1. The molecule has 0 fully saturated rings. The Bertz CT molecular complexity index is 990. The van der Waals surface area contributed by atoms with E-state index in [1.54, 1.807) is 0 Å². The van der Waals surface area contributed by atoms with Crippen molar-refractivity contribution in [1.29, 1.82) is 0 Å². The topological polar surface area (TPSA) is 34.4 Å². The molecule has 4 rings (SSSR count). The molecule has 2 aliphatic rings. The monoisotopic (exact) mass is 433 g/mol. The fourth-order valence-corrected chi connectivity index (χ4v) is 3.60. The Kier molecular flexibility index (Phi) is 4.69. The molecule has 3 nitrogen and oxygen atoms in total. The third-order valence-corrected chi connectivity index (χ3v) is 4.61. The molecule has 24 heavy (non-hydrogen) atoms. The normalized spacial score (nSPS) is 11.1. The van der Waals surface area contributed by atoms with Crippen molar-refractivity contribution in [3.05, 3.63) is 54.1 Å². The summed E-state index contributed by atoms with van der Waals surface area (Å²) in [5.41, 5.74) is 5.97. The Morgan fingerprint density at radius 1 is 1.00 bits per heavy atom. The van der Waals surface area contributed by atoms with Crippen molar-refractivity contribution in [2.75, 3.05) is 13.2 Å². The van der Waals surface area contributed by atoms with Gasteiger partial charge in [-0.25, -0.2) is 0 Å². The van der Waals surface area contributed by atoms with E-state index >= 15 is 0 Å². The zero-order valence-corrected chi connectivity index (χ0v) is 16.1. The predicted octanol–water partition coefficient (Wildman–Crippen LogP) is 4.73. The maximum Gasteiger partial charge on any atom is 0.127 e. The number of nitrogens with zero attached hydrogens (tertiary/aromatic N) is 1. The average Bonchev–Trinajstić information content (AvgIpc) is 3.12. The Morgan fingerprint density at radius 3 is 2.54 bits per heavy atom. The second kappa shape index (κ2) is 6.61. The van der Waals surface area contributed by atoms with Gasteiger partial charge < -0.3 is 14.4 Å². The van der Waals surface area contributed by atoms with Crippen molar-refractivity contribution in [1.82, 2.24) is 4.57 Å². The van der Waals surface area contributed by atoms with Crippen LogP contribution in [0.25, 0.3) is 32.9 Å². The van der Waals surface area contributed by atoms with Gasteiger partial charge in [0, 0.05) is 28.9 Å². The van der Waals surface area contributed by atoms with E-state index < -0.39 is 0 Å². The van der Waals surface area contributed by atoms with Gasteiger partial charge in [-0.05, 0) is 30.2 Å². The number of hydrogen-bond acceptors (Lipinski definition) is 2. The summed E-state index contributed by atoms with van der Waals surface area (Å²) in [4.78, 5) is 0. The van der Waals surface area contributed by atoms with Crippen molar-refractivity contribution in [2.24, 2.45) is 7.05 Å². The van der Waals surface area contributed by atoms with E-state index in [-0.39, 0.29) is 30.6 Å². The summed E-state index contributed by atoms with van der Waals surface area (Å²) < 4.78 is 8.10. The third kappa shape index (κ3) is 2.45. The van der Waals surface area contributed by atoms with E-state index in [0.717, 1.165) is 11.3 Å². The molecule has 1 aromatic heterocycles. The van der Waals surface area contributed by atoms with Gasteiger partial charge in [0.1, 0.15) is 12.4 Å². The lowest BCUT2D eigenvalue weighted by atomic mass is 10.1. The minimum Gasteiger partial charge on any atom is -0.491 e. The highest BCUT2D eigenvalue weighted by Gasteiger charge is 2.17. The van der Waals surface area contributed by atoms with Crippen molar-refractivity contribution < 1.29 is 9.84 Å². The highest BCUT2D eigenvalue weighted by atomic mass is 127. The molecule has 0 amide bonds. The Morgan fingerprint density at radius 2 is 1.75 bits per heavy atom. The lowest BCUT2D eigenvalue weighted by Crippen LogP contribution is -2.01. The third-order valence-electron chi connectivity index (χ3n) is 4.61. The van der Waals surface area contributed by atoms with Gasteiger partial charge in [0.2, 0.25) is 0 Å². The first-order valence-electron chi connectivity index (χ1n) is 7.85. The number of hydrogen-bond donors (Lipinski definition) is 1. The lowest BCUT2D eigenvalue weighted by Gasteiger charge is -2.07. The molecule has 0 unspecified atom stereocenters. The molecule has 0 bridgehead atoms. The Hall–Kier alpha value is -1.79. The van der Waals surface area contributed by atoms with Gasteiger partial charge in [0.25, 0.3) is 0 Å². The summed E-state index contributed by atoms with van der Waals surface area (Å²) in [6.45, 7) is 2.48. The molecule has 0 atom stereocenters. The van der Waals surface area contributed by atoms with Crippen LogP contribution in [0, 0.1) is 6.92 Å². The standard InChI is InChI=1S/C20H19NO2.HI/c1-13-14-7-5-8-16(14)19(23-11-10-22)12-17-15-6-3-4-9-18(15)21(2)20(13)17;/h3-9,12,22H,10-11H2,1-2H3;1H. The Balaban J connectivity index is 0.00000169. The summed E-state index contributed by atoms with van der Waals surface area (Å²) in [6.07, 6.45) is 0. The maximum absolute atomic E-state index is 9.13. The first-order chi connectivity index (χ1) is 11.2. The van der Waals surface area contributed by atoms with E-state index in [9.17, 15) is 0 Å². The molecule has 2 aliphatic carbocycles. The van der Waals surface area contributed by atoms with Gasteiger partial charge >= 0.3 is 0 Å². The first-order valence-corrected chi connectivity index (χ1v) is 7.85. The summed E-state index contributed by atoms with van der Waals surface area (Å²) in [5.74, 6) is 0.827. The quantitative estimate of drug-likeness (QED) is 0.474. The summed E-state index contributed by atoms with van der Waals surface area (Å²) in [6, 6.07) is 16.8. The number of rotatable bonds is 3. The van der Waals surface area contributed by atoms with Crippen LogP contribution in [-0.4, -0.2) is 22.9 Å². The largest absolute Gasteiger partial charge is 0.491 e. The number of benzene rings is 1. The SMILES string of the molecule is Cc1c2cccc-2c(OCCO)cc2c3ccccc3n(C)c12.I. The molecule has 124 valence electrons. The van der Waals surface area contributed by atoms with E-state index in [0.29, 0.717) is 6.61 Å². The minimum absolute atomic E-state index is 0. The minimum atomic E-state index is 0. The van der Waals surface area contributed by atoms with Crippen LogP contribution < -0.4 is 4.74 Å². The molecule has 1 heterocycles. The second-order valence-electron chi connectivity index (χ2n) is 5.90. The van der Waals surface area contributed by atoms with Crippen molar-refractivity contribution in [3.8, 4) is 16.9 Å². The molecule has 1 N–H and O–H groups in total. The number of aryl methyl sites for hydroxylation is 2. The van der Waals surface area contributed by atoms with Crippen LogP contribution >= 0.6 is 24.0 Å². The number of halogens is 1. The lowest BCUT2D eigenvalue weighted by molar-refractivity contribution is 0.202. The zero-order valence-electron chi connectivity index (χ0n) is 13.7. The van der Waals surface area contributed by atoms with Gasteiger partial charge in [-0.15, -0.1) is 24.0 Å². The molecule has 0 saturated heterocycles. The highest BCUT2D eigenvalue weighted by Crippen LogP contribution is 2.41. The second-order valence-corrected chi connectivity index (χ2v) is 5.90. The number of aliphatic hydroxyl groups is 1. The van der Waals surface area contributed by atoms with E-state index in [2.05, 4.69) is 67.1 Å². The van der Waals surface area contributed by atoms with Crippen molar-refractivity contribution in [2.45, 2.75) is 6.92 Å². The van der Waals surface area contributed by atoms with Gasteiger partial charge in [0.05, 0.1) is 12.1 Å². The molecule has 0 radical (unpaired) electrons. The number of aliphatic hydroxyl groups excluding tert-OH is 1. The number of aromatic nitrogens is 1. The molecule has 4 heteroatoms. The predicted molar refractivity (Wildman–Crippen MR) is 110 cm³/mol. The fraction of sp³-hybridized carbons (Fsp3) is 0.200. The van der Waals surface area contributed by atoms with Crippen LogP contribution in [0.3, 0.4) is 0 Å². The van der Waals surface area contributed by atoms with Crippen LogP contribution in [-0.2, 0) is 7.05 Å². The molecular weight excluding hydrogens is 413 g/mol. The molecular formula is C20H20INO2. The molecule has 0 spiro atoms. The van der Waals surface area contributed by atoms with Crippen molar-refractivity contribution >= 4 is 45.8 Å².